The van der Waals surface area contributed by atoms with Crippen LogP contribution in [0.1, 0.15) is 18.1 Å². The molecule has 2 aromatic carbocycles. The number of esters is 1. The van der Waals surface area contributed by atoms with Crippen LogP contribution in [-0.4, -0.2) is 25.0 Å². The molecule has 0 aliphatic carbocycles. The first-order valence-electron chi connectivity index (χ1n) is 7.98. The highest BCUT2D eigenvalue weighted by molar-refractivity contribution is 5.98. The van der Waals surface area contributed by atoms with Crippen LogP contribution in [0, 0.1) is 0 Å². The van der Waals surface area contributed by atoms with Gasteiger partial charge >= 0.3 is 12.1 Å². The molecule has 0 heterocycles. The second-order valence-electron chi connectivity index (χ2n) is 5.50. The van der Waals surface area contributed by atoms with Crippen LogP contribution in [0.5, 0.6) is 0 Å². The van der Waals surface area contributed by atoms with E-state index < -0.39 is 23.6 Å². The maximum absolute atomic E-state index is 12.8. The lowest BCUT2D eigenvalue weighted by Gasteiger charge is -2.22. The van der Waals surface area contributed by atoms with Crippen molar-refractivity contribution in [3.63, 3.8) is 0 Å². The molecule has 0 unspecified atom stereocenters. The van der Waals surface area contributed by atoms with Crippen molar-refractivity contribution in [1.29, 1.82) is 0 Å². The van der Waals surface area contributed by atoms with E-state index in [0.29, 0.717) is 5.69 Å². The van der Waals surface area contributed by atoms with Gasteiger partial charge < -0.3 is 9.64 Å². The Bertz CT molecular complexity index is 760. The van der Waals surface area contributed by atoms with Crippen molar-refractivity contribution in [1.82, 2.24) is 0 Å². The van der Waals surface area contributed by atoms with Crippen LogP contribution in [0.25, 0.3) is 0 Å². The average molecular weight is 365 g/mol. The van der Waals surface area contributed by atoms with E-state index in [0.717, 1.165) is 12.1 Å². The molecule has 0 N–H and O–H groups in total. The van der Waals surface area contributed by atoms with E-state index >= 15 is 0 Å². The third-order valence-electron chi connectivity index (χ3n) is 3.57. The minimum Gasteiger partial charge on any atom is -0.465 e. The zero-order chi connectivity index (χ0) is 19.2. The molecular formula is C19H18F3NO3. The fourth-order valence-corrected chi connectivity index (χ4v) is 2.39. The number of para-hydroxylation sites is 1. The quantitative estimate of drug-likeness (QED) is 0.731. The Kier molecular flexibility index (Phi) is 6.38. The summed E-state index contributed by atoms with van der Waals surface area (Å²) in [5, 5.41) is 0. The van der Waals surface area contributed by atoms with Crippen LogP contribution in [0.4, 0.5) is 18.9 Å². The maximum atomic E-state index is 12.8. The zero-order valence-electron chi connectivity index (χ0n) is 14.1. The van der Waals surface area contributed by atoms with Crippen LogP contribution in [-0.2, 0) is 26.9 Å². The molecule has 2 aromatic rings. The fourth-order valence-electron chi connectivity index (χ4n) is 2.39. The maximum Gasteiger partial charge on any atom is 0.416 e. The van der Waals surface area contributed by atoms with Crippen LogP contribution >= 0.6 is 0 Å². The van der Waals surface area contributed by atoms with E-state index in [1.807, 2.05) is 0 Å². The van der Waals surface area contributed by atoms with Gasteiger partial charge in [-0.2, -0.15) is 13.2 Å². The number of carbonyl (C=O) groups excluding carboxylic acids is 2. The molecule has 0 saturated heterocycles. The summed E-state index contributed by atoms with van der Waals surface area (Å²) in [4.78, 5) is 25.7. The molecule has 7 heteroatoms. The van der Waals surface area contributed by atoms with Gasteiger partial charge in [0.05, 0.1) is 18.6 Å². The predicted octanol–water partition coefficient (Wildman–Crippen LogP) is 3.84. The van der Waals surface area contributed by atoms with E-state index in [1.165, 1.54) is 17.0 Å². The minimum absolute atomic E-state index is 0.170. The van der Waals surface area contributed by atoms with Gasteiger partial charge in [-0.1, -0.05) is 36.4 Å². The van der Waals surface area contributed by atoms with Crippen molar-refractivity contribution in [3.8, 4) is 0 Å². The highest BCUT2D eigenvalue weighted by Gasteiger charge is 2.30. The van der Waals surface area contributed by atoms with Crippen molar-refractivity contribution < 1.29 is 27.5 Å². The van der Waals surface area contributed by atoms with Crippen LogP contribution in [0.2, 0.25) is 0 Å². The number of nitrogens with zero attached hydrogens (tertiary/aromatic N) is 1. The lowest BCUT2D eigenvalue weighted by molar-refractivity contribution is -0.142. The highest BCUT2D eigenvalue weighted by atomic mass is 19.4. The Morgan fingerprint density at radius 1 is 1.04 bits per heavy atom. The Hall–Kier alpha value is -2.83. The molecule has 0 fully saturated rings. The average Bonchev–Trinajstić information content (AvgIpc) is 2.60. The first-order valence-corrected chi connectivity index (χ1v) is 7.98. The largest absolute Gasteiger partial charge is 0.465 e. The van der Waals surface area contributed by atoms with Crippen LogP contribution in [0.3, 0.4) is 0 Å². The van der Waals surface area contributed by atoms with E-state index in [4.69, 9.17) is 4.74 Å². The Balaban J connectivity index is 2.22. The smallest absolute Gasteiger partial charge is 0.416 e. The topological polar surface area (TPSA) is 46.6 Å². The summed E-state index contributed by atoms with van der Waals surface area (Å²) in [5.41, 5.74) is -0.133. The van der Waals surface area contributed by atoms with Gasteiger partial charge in [0.1, 0.15) is 6.54 Å². The number of benzene rings is 2. The van der Waals surface area contributed by atoms with Gasteiger partial charge in [0, 0.05) is 5.69 Å². The molecule has 0 saturated carbocycles. The second-order valence-corrected chi connectivity index (χ2v) is 5.50. The van der Waals surface area contributed by atoms with Crippen molar-refractivity contribution in [3.05, 3.63) is 65.7 Å². The minimum atomic E-state index is -4.48. The number of alkyl halides is 3. The van der Waals surface area contributed by atoms with Gasteiger partial charge in [-0.05, 0) is 30.7 Å². The van der Waals surface area contributed by atoms with Gasteiger partial charge in [0.2, 0.25) is 5.91 Å². The van der Waals surface area contributed by atoms with Gasteiger partial charge in [-0.3, -0.25) is 9.59 Å². The molecule has 4 nitrogen and oxygen atoms in total. The number of ether oxygens (including phenoxy) is 1. The molecule has 0 bridgehead atoms. The number of halogens is 3. The summed E-state index contributed by atoms with van der Waals surface area (Å²) in [7, 11) is 0. The zero-order valence-corrected chi connectivity index (χ0v) is 14.1. The Morgan fingerprint density at radius 3 is 2.35 bits per heavy atom. The Morgan fingerprint density at radius 2 is 1.73 bits per heavy atom. The third-order valence-corrected chi connectivity index (χ3v) is 3.57. The molecule has 0 aromatic heterocycles. The number of hydrogen-bond donors (Lipinski definition) is 0. The summed E-state index contributed by atoms with van der Waals surface area (Å²) < 4.78 is 43.4. The van der Waals surface area contributed by atoms with E-state index in [-0.39, 0.29) is 25.1 Å². The summed E-state index contributed by atoms with van der Waals surface area (Å²) in [5.74, 6) is -1.09. The van der Waals surface area contributed by atoms with Crippen molar-refractivity contribution >= 4 is 17.6 Å². The van der Waals surface area contributed by atoms with Crippen molar-refractivity contribution in [2.45, 2.75) is 19.5 Å². The summed E-state index contributed by atoms with van der Waals surface area (Å²) >= 11 is 0. The molecular weight excluding hydrogens is 347 g/mol. The molecule has 0 radical (unpaired) electrons. The number of rotatable bonds is 6. The Labute approximate surface area is 149 Å². The fraction of sp³-hybridized carbons (Fsp3) is 0.263. The standard InChI is InChI=1S/C19H18F3NO3/c1-2-26-18(25)13-23(16-9-4-3-5-10-16)17(24)12-14-7-6-8-15(11-14)19(20,21)22/h3-11H,2,12-13H2,1H3. The molecule has 0 atom stereocenters. The van der Waals surface area contributed by atoms with Crippen molar-refractivity contribution in [2.24, 2.45) is 0 Å². The summed E-state index contributed by atoms with van der Waals surface area (Å²) in [6.07, 6.45) is -4.75. The lowest BCUT2D eigenvalue weighted by Crippen LogP contribution is -2.37. The lowest BCUT2D eigenvalue weighted by atomic mass is 10.1. The normalized spacial score (nSPS) is 11.1. The van der Waals surface area contributed by atoms with Gasteiger partial charge in [-0.15, -0.1) is 0 Å². The molecule has 0 aliphatic rings. The number of amides is 1. The molecule has 138 valence electrons. The molecule has 1 amide bonds. The number of carbonyl (C=O) groups is 2. The van der Waals surface area contributed by atoms with Crippen LogP contribution in [0.15, 0.2) is 54.6 Å². The first kappa shape index (κ1) is 19.5. The number of hydrogen-bond acceptors (Lipinski definition) is 3. The third kappa shape index (κ3) is 5.34. The highest BCUT2D eigenvalue weighted by Crippen LogP contribution is 2.29. The van der Waals surface area contributed by atoms with Crippen molar-refractivity contribution in [2.75, 3.05) is 18.1 Å². The van der Waals surface area contributed by atoms with E-state index in [9.17, 15) is 22.8 Å². The SMILES string of the molecule is CCOC(=O)CN(C(=O)Cc1cccc(C(F)(F)F)c1)c1ccccc1. The number of anilines is 1. The van der Waals surface area contributed by atoms with Gasteiger partial charge in [0.25, 0.3) is 0 Å². The summed E-state index contributed by atoms with van der Waals surface area (Å²) in [6.45, 7) is 1.51. The van der Waals surface area contributed by atoms with E-state index in [2.05, 4.69) is 0 Å². The predicted molar refractivity (Wildman–Crippen MR) is 90.6 cm³/mol. The molecule has 0 spiro atoms. The molecule has 26 heavy (non-hydrogen) atoms. The molecule has 0 aliphatic heterocycles. The monoisotopic (exact) mass is 365 g/mol. The van der Waals surface area contributed by atoms with E-state index in [1.54, 1.807) is 37.3 Å². The summed E-state index contributed by atoms with van der Waals surface area (Å²) in [6, 6.07) is 13.0. The van der Waals surface area contributed by atoms with Gasteiger partial charge in [0.15, 0.2) is 0 Å². The second kappa shape index (κ2) is 8.51. The van der Waals surface area contributed by atoms with Crippen LogP contribution < -0.4 is 4.90 Å². The first-order chi connectivity index (χ1) is 12.3. The van der Waals surface area contributed by atoms with Gasteiger partial charge in [-0.25, -0.2) is 0 Å². The molecule has 2 rings (SSSR count).